The minimum atomic E-state index is -0.927. The molecule has 0 N–H and O–H groups in total. The molecule has 1 aliphatic rings. The van der Waals surface area contributed by atoms with Crippen LogP contribution in [0.3, 0.4) is 0 Å². The van der Waals surface area contributed by atoms with E-state index in [-0.39, 0.29) is 18.4 Å². The van der Waals surface area contributed by atoms with Crippen molar-refractivity contribution in [3.8, 4) is 17.2 Å². The zero-order valence-electron chi connectivity index (χ0n) is 14.5. The average Bonchev–Trinajstić information content (AvgIpc) is 3.00. The van der Waals surface area contributed by atoms with Crippen molar-refractivity contribution in [2.24, 2.45) is 11.8 Å². The molecule has 7 nitrogen and oxygen atoms in total. The molecule has 1 aliphatic heterocycles. The van der Waals surface area contributed by atoms with Crippen molar-refractivity contribution < 1.29 is 33.3 Å². The topological polar surface area (TPSA) is 80.3 Å². The van der Waals surface area contributed by atoms with Gasteiger partial charge in [0.15, 0.2) is 17.4 Å². The summed E-state index contributed by atoms with van der Waals surface area (Å²) in [6.07, 6.45) is 0. The molecule has 24 heavy (non-hydrogen) atoms. The first-order chi connectivity index (χ1) is 11.5. The van der Waals surface area contributed by atoms with Gasteiger partial charge in [0.05, 0.1) is 35.0 Å². The lowest BCUT2D eigenvalue weighted by Crippen LogP contribution is -2.29. The van der Waals surface area contributed by atoms with Gasteiger partial charge in [0.2, 0.25) is 5.75 Å². The fraction of sp³-hybridized carbons (Fsp3) is 0.529. The third-order valence-electron chi connectivity index (χ3n) is 4.41. The van der Waals surface area contributed by atoms with Crippen LogP contribution in [0, 0.1) is 11.8 Å². The van der Waals surface area contributed by atoms with Crippen molar-refractivity contribution in [2.75, 3.05) is 35.0 Å². The minimum absolute atomic E-state index is 0.158. The quantitative estimate of drug-likeness (QED) is 0.578. The van der Waals surface area contributed by atoms with E-state index in [2.05, 4.69) is 0 Å². The molecule has 0 radical (unpaired) electrons. The second kappa shape index (κ2) is 7.42. The fourth-order valence-electron chi connectivity index (χ4n) is 2.98. The van der Waals surface area contributed by atoms with E-state index < -0.39 is 17.9 Å². The standard InChI is InChI=1S/C17H22O7/c1-9(11-8-24-17(19)14(11)16(18)23-5)10-6-12(20-2)15(22-4)13(7-10)21-3/h6-7,9,11,14H,8H2,1-5H3/t9-,11+,14-/m0/s1. The van der Waals surface area contributed by atoms with Gasteiger partial charge in [-0.15, -0.1) is 0 Å². The van der Waals surface area contributed by atoms with Crippen LogP contribution in [0.4, 0.5) is 0 Å². The van der Waals surface area contributed by atoms with Gasteiger partial charge in [0.1, 0.15) is 0 Å². The number of esters is 2. The van der Waals surface area contributed by atoms with Crippen molar-refractivity contribution in [3.05, 3.63) is 17.7 Å². The van der Waals surface area contributed by atoms with Crippen molar-refractivity contribution >= 4 is 11.9 Å². The van der Waals surface area contributed by atoms with Crippen LogP contribution in [0.1, 0.15) is 18.4 Å². The van der Waals surface area contributed by atoms with Gasteiger partial charge < -0.3 is 23.7 Å². The SMILES string of the molecule is COC(=O)[C@H]1C(=O)OC[C@@H]1[C@@H](C)c1cc(OC)c(OC)c(OC)c1. The molecule has 7 heteroatoms. The highest BCUT2D eigenvalue weighted by Crippen LogP contribution is 2.43. The third-order valence-corrected chi connectivity index (χ3v) is 4.41. The van der Waals surface area contributed by atoms with Gasteiger partial charge in [-0.25, -0.2) is 0 Å². The molecule has 1 aromatic carbocycles. The van der Waals surface area contributed by atoms with Gasteiger partial charge in [-0.3, -0.25) is 9.59 Å². The number of ether oxygens (including phenoxy) is 5. The Labute approximate surface area is 140 Å². The normalized spacial score (nSPS) is 21.0. The van der Waals surface area contributed by atoms with Crippen molar-refractivity contribution in [2.45, 2.75) is 12.8 Å². The van der Waals surface area contributed by atoms with Crippen LogP contribution in [0.2, 0.25) is 0 Å². The van der Waals surface area contributed by atoms with Gasteiger partial charge in [-0.05, 0) is 23.6 Å². The van der Waals surface area contributed by atoms with Crippen LogP contribution in [0.15, 0.2) is 12.1 Å². The van der Waals surface area contributed by atoms with E-state index >= 15 is 0 Å². The van der Waals surface area contributed by atoms with E-state index in [1.54, 1.807) is 0 Å². The number of carbonyl (C=O) groups is 2. The number of benzene rings is 1. The molecular formula is C17H22O7. The molecule has 0 amide bonds. The van der Waals surface area contributed by atoms with Crippen LogP contribution in [0.25, 0.3) is 0 Å². The summed E-state index contributed by atoms with van der Waals surface area (Å²) in [7, 11) is 5.85. The number of rotatable bonds is 6. The van der Waals surface area contributed by atoms with E-state index in [0.717, 1.165) is 5.56 Å². The molecular weight excluding hydrogens is 316 g/mol. The van der Waals surface area contributed by atoms with Crippen molar-refractivity contribution in [1.29, 1.82) is 0 Å². The van der Waals surface area contributed by atoms with Crippen LogP contribution < -0.4 is 14.2 Å². The number of carbonyl (C=O) groups excluding carboxylic acids is 2. The van der Waals surface area contributed by atoms with Crippen molar-refractivity contribution in [3.63, 3.8) is 0 Å². The molecule has 0 bridgehead atoms. The largest absolute Gasteiger partial charge is 0.493 e. The first-order valence-corrected chi connectivity index (χ1v) is 7.52. The van der Waals surface area contributed by atoms with Crippen LogP contribution in [0.5, 0.6) is 17.2 Å². The lowest BCUT2D eigenvalue weighted by Gasteiger charge is -2.23. The van der Waals surface area contributed by atoms with E-state index in [4.69, 9.17) is 23.7 Å². The smallest absolute Gasteiger partial charge is 0.320 e. The maximum atomic E-state index is 11.9. The Morgan fingerprint density at radius 3 is 2.17 bits per heavy atom. The van der Waals surface area contributed by atoms with Crippen molar-refractivity contribution in [1.82, 2.24) is 0 Å². The molecule has 1 fully saturated rings. The summed E-state index contributed by atoms with van der Waals surface area (Å²) in [6.45, 7) is 2.08. The lowest BCUT2D eigenvalue weighted by atomic mass is 9.80. The highest BCUT2D eigenvalue weighted by Gasteiger charge is 2.46. The lowest BCUT2D eigenvalue weighted by molar-refractivity contribution is -0.154. The van der Waals surface area contributed by atoms with Gasteiger partial charge >= 0.3 is 11.9 Å². The highest BCUT2D eigenvalue weighted by molar-refractivity contribution is 5.96. The molecule has 1 aromatic rings. The first-order valence-electron chi connectivity index (χ1n) is 7.52. The number of cyclic esters (lactones) is 1. The molecule has 1 heterocycles. The predicted octanol–water partition coefficient (Wildman–Crippen LogP) is 1.78. The Morgan fingerprint density at radius 1 is 1.12 bits per heavy atom. The predicted molar refractivity (Wildman–Crippen MR) is 84.5 cm³/mol. The average molecular weight is 338 g/mol. The number of hydrogen-bond donors (Lipinski definition) is 0. The summed E-state index contributed by atoms with van der Waals surface area (Å²) in [6, 6.07) is 3.62. The second-order valence-electron chi connectivity index (χ2n) is 5.54. The van der Waals surface area contributed by atoms with E-state index in [0.29, 0.717) is 17.2 Å². The Bertz CT molecular complexity index is 600. The molecule has 0 aliphatic carbocycles. The molecule has 3 atom stereocenters. The van der Waals surface area contributed by atoms with E-state index in [1.165, 1.54) is 28.4 Å². The third kappa shape index (κ3) is 3.11. The Kier molecular flexibility index (Phi) is 5.54. The molecule has 1 saturated heterocycles. The zero-order chi connectivity index (χ0) is 17.9. The molecule has 132 valence electrons. The Hall–Kier alpha value is -2.44. The van der Waals surface area contributed by atoms with Crippen LogP contribution >= 0.6 is 0 Å². The molecule has 0 unspecified atom stereocenters. The van der Waals surface area contributed by atoms with Gasteiger partial charge in [0.25, 0.3) is 0 Å². The van der Waals surface area contributed by atoms with E-state index in [1.807, 2.05) is 19.1 Å². The Morgan fingerprint density at radius 2 is 1.71 bits per heavy atom. The maximum Gasteiger partial charge on any atom is 0.320 e. The summed E-state index contributed by atoms with van der Waals surface area (Å²) in [5.74, 6) is -1.03. The summed E-state index contributed by atoms with van der Waals surface area (Å²) >= 11 is 0. The van der Waals surface area contributed by atoms with Crippen LogP contribution in [-0.2, 0) is 19.1 Å². The Balaban J connectivity index is 2.40. The van der Waals surface area contributed by atoms with Gasteiger partial charge in [-0.2, -0.15) is 0 Å². The zero-order valence-corrected chi connectivity index (χ0v) is 14.5. The fourth-order valence-corrected chi connectivity index (χ4v) is 2.98. The van der Waals surface area contributed by atoms with E-state index in [9.17, 15) is 9.59 Å². The maximum absolute atomic E-state index is 11.9. The minimum Gasteiger partial charge on any atom is -0.493 e. The molecule has 2 rings (SSSR count). The number of hydrogen-bond acceptors (Lipinski definition) is 7. The van der Waals surface area contributed by atoms with Gasteiger partial charge in [0, 0.05) is 5.92 Å². The summed E-state index contributed by atoms with van der Waals surface area (Å²) in [5.41, 5.74) is 0.849. The molecule has 0 aromatic heterocycles. The molecule has 0 saturated carbocycles. The molecule has 0 spiro atoms. The monoisotopic (exact) mass is 338 g/mol. The van der Waals surface area contributed by atoms with Gasteiger partial charge in [-0.1, -0.05) is 6.92 Å². The summed E-state index contributed by atoms with van der Waals surface area (Å²) < 4.78 is 25.8. The summed E-state index contributed by atoms with van der Waals surface area (Å²) in [4.78, 5) is 23.8. The van der Waals surface area contributed by atoms with Crippen LogP contribution in [-0.4, -0.2) is 47.0 Å². The first kappa shape index (κ1) is 17.9. The number of methoxy groups -OCH3 is 4. The summed E-state index contributed by atoms with van der Waals surface area (Å²) in [5, 5.41) is 0. The highest BCUT2D eigenvalue weighted by atomic mass is 16.6. The second-order valence-corrected chi connectivity index (χ2v) is 5.54.